The molecule has 2 rings (SSSR count). The molecule has 128 valence electrons. The van der Waals surface area contributed by atoms with Gasteiger partial charge in [0.2, 0.25) is 5.91 Å². The molecular weight excluding hydrogens is 298 g/mol. The van der Waals surface area contributed by atoms with Crippen LogP contribution in [0.4, 0.5) is 4.79 Å². The Hall–Kier alpha value is -1.92. The average Bonchev–Trinajstić information content (AvgIpc) is 2.67. The van der Waals surface area contributed by atoms with E-state index in [4.69, 9.17) is 0 Å². The van der Waals surface area contributed by atoms with Gasteiger partial charge in [0.15, 0.2) is 0 Å². The summed E-state index contributed by atoms with van der Waals surface area (Å²) in [4.78, 5) is 49.8. The van der Waals surface area contributed by atoms with Crippen molar-refractivity contribution in [3.05, 3.63) is 0 Å². The molecule has 0 bridgehead atoms. The summed E-state index contributed by atoms with van der Waals surface area (Å²) in [6.07, 6.45) is 4.20. The molecule has 23 heavy (non-hydrogen) atoms. The maximum Gasteiger partial charge on any atom is 0.334 e. The minimum atomic E-state index is -0.914. The van der Waals surface area contributed by atoms with Gasteiger partial charge in [0.25, 0.3) is 0 Å². The summed E-state index contributed by atoms with van der Waals surface area (Å²) in [6.45, 7) is 5.59. The lowest BCUT2D eigenvalue weighted by atomic mass is 9.86. The summed E-state index contributed by atoms with van der Waals surface area (Å²) in [6, 6.07) is -0.618. The minimum absolute atomic E-state index is 0.0626. The summed E-state index contributed by atoms with van der Waals surface area (Å²) < 4.78 is 0. The van der Waals surface area contributed by atoms with Crippen molar-refractivity contribution in [3.8, 4) is 0 Å². The van der Waals surface area contributed by atoms with Crippen LogP contribution in [-0.4, -0.2) is 52.7 Å². The van der Waals surface area contributed by atoms with Crippen LogP contribution in [0.1, 0.15) is 46.5 Å². The average molecular weight is 323 g/mol. The maximum atomic E-state index is 12.2. The lowest BCUT2D eigenvalue weighted by Gasteiger charge is -2.29. The van der Waals surface area contributed by atoms with Crippen LogP contribution < -0.4 is 5.32 Å². The first-order valence-electron chi connectivity index (χ1n) is 8.28. The Bertz CT molecular complexity index is 517. The molecule has 2 aliphatic rings. The molecule has 1 heterocycles. The fraction of sp³-hybridized carbons (Fsp3) is 0.750. The molecular formula is C16H25N3O4. The van der Waals surface area contributed by atoms with Gasteiger partial charge in [-0.15, -0.1) is 0 Å². The van der Waals surface area contributed by atoms with Crippen molar-refractivity contribution in [1.29, 1.82) is 0 Å². The first-order chi connectivity index (χ1) is 10.8. The molecule has 2 atom stereocenters. The summed E-state index contributed by atoms with van der Waals surface area (Å²) >= 11 is 0. The number of hydrogen-bond donors (Lipinski definition) is 1. The molecule has 0 aromatic carbocycles. The van der Waals surface area contributed by atoms with Gasteiger partial charge in [-0.2, -0.15) is 0 Å². The zero-order valence-corrected chi connectivity index (χ0v) is 14.0. The Morgan fingerprint density at radius 3 is 2.35 bits per heavy atom. The zero-order chi connectivity index (χ0) is 17.1. The highest BCUT2D eigenvalue weighted by Gasteiger charge is 2.45. The van der Waals surface area contributed by atoms with E-state index in [1.54, 1.807) is 0 Å². The molecule has 0 aromatic rings. The zero-order valence-electron chi connectivity index (χ0n) is 14.0. The number of imide groups is 2. The smallest absolute Gasteiger partial charge is 0.334 e. The molecule has 0 spiro atoms. The molecule has 1 N–H and O–H groups in total. The molecule has 5 amide bonds. The van der Waals surface area contributed by atoms with Gasteiger partial charge in [-0.3, -0.25) is 19.3 Å². The number of carbonyl (C=O) groups excluding carboxylic acids is 4. The van der Waals surface area contributed by atoms with Gasteiger partial charge in [-0.1, -0.05) is 33.6 Å². The van der Waals surface area contributed by atoms with Gasteiger partial charge >= 0.3 is 17.8 Å². The van der Waals surface area contributed by atoms with E-state index in [2.05, 4.69) is 12.2 Å². The van der Waals surface area contributed by atoms with Crippen LogP contribution in [0.2, 0.25) is 0 Å². The highest BCUT2D eigenvalue weighted by molar-refractivity contribution is 6.45. The van der Waals surface area contributed by atoms with E-state index in [1.807, 2.05) is 13.8 Å². The first kappa shape index (κ1) is 17.4. The Kier molecular flexibility index (Phi) is 5.38. The summed E-state index contributed by atoms with van der Waals surface area (Å²) in [5.74, 6) is -1.70. The van der Waals surface area contributed by atoms with Gasteiger partial charge in [-0.05, 0) is 24.7 Å². The number of hydrogen-bond acceptors (Lipinski definition) is 4. The van der Waals surface area contributed by atoms with Crippen molar-refractivity contribution in [3.63, 3.8) is 0 Å². The van der Waals surface area contributed by atoms with E-state index in [-0.39, 0.29) is 31.0 Å². The SMILES string of the molecule is CC(C)CN1C(=O)C(=O)N(CC(=O)N[C@@H]2CCCC[C@@H]2C)C1=O. The van der Waals surface area contributed by atoms with E-state index < -0.39 is 17.8 Å². The van der Waals surface area contributed by atoms with Gasteiger partial charge < -0.3 is 5.32 Å². The number of nitrogens with one attached hydrogen (secondary N) is 1. The predicted molar refractivity (Wildman–Crippen MR) is 83.2 cm³/mol. The number of urea groups is 1. The number of carbonyl (C=O) groups is 4. The van der Waals surface area contributed by atoms with E-state index in [0.717, 1.165) is 35.5 Å². The van der Waals surface area contributed by atoms with Crippen molar-refractivity contribution in [2.75, 3.05) is 13.1 Å². The van der Waals surface area contributed by atoms with Crippen molar-refractivity contribution in [2.45, 2.75) is 52.5 Å². The van der Waals surface area contributed by atoms with Crippen molar-refractivity contribution >= 4 is 23.8 Å². The number of rotatable bonds is 5. The number of amides is 5. The van der Waals surface area contributed by atoms with Gasteiger partial charge in [0.05, 0.1) is 0 Å². The molecule has 7 nitrogen and oxygen atoms in total. The second-order valence-corrected chi connectivity index (χ2v) is 6.92. The fourth-order valence-electron chi connectivity index (χ4n) is 3.14. The molecule has 2 fully saturated rings. The Balaban J connectivity index is 1.96. The van der Waals surface area contributed by atoms with Gasteiger partial charge in [0.1, 0.15) is 6.54 Å². The van der Waals surface area contributed by atoms with Crippen LogP contribution in [0.5, 0.6) is 0 Å². The molecule has 1 aliphatic heterocycles. The van der Waals surface area contributed by atoms with Gasteiger partial charge in [-0.25, -0.2) is 9.69 Å². The fourth-order valence-corrected chi connectivity index (χ4v) is 3.14. The Labute approximate surface area is 136 Å². The Morgan fingerprint density at radius 2 is 1.74 bits per heavy atom. The third-order valence-electron chi connectivity index (χ3n) is 4.44. The first-order valence-corrected chi connectivity index (χ1v) is 8.28. The van der Waals surface area contributed by atoms with E-state index in [9.17, 15) is 19.2 Å². The molecule has 1 aliphatic carbocycles. The van der Waals surface area contributed by atoms with Crippen LogP contribution >= 0.6 is 0 Å². The molecule has 1 saturated heterocycles. The van der Waals surface area contributed by atoms with E-state index >= 15 is 0 Å². The van der Waals surface area contributed by atoms with Gasteiger partial charge in [0, 0.05) is 12.6 Å². The second-order valence-electron chi connectivity index (χ2n) is 6.92. The quantitative estimate of drug-likeness (QED) is 0.607. The van der Waals surface area contributed by atoms with E-state index in [0.29, 0.717) is 5.92 Å². The second kappa shape index (κ2) is 7.10. The third-order valence-corrected chi connectivity index (χ3v) is 4.44. The number of nitrogens with zero attached hydrogens (tertiary/aromatic N) is 2. The monoisotopic (exact) mass is 323 g/mol. The topological polar surface area (TPSA) is 86.8 Å². The summed E-state index contributed by atoms with van der Waals surface area (Å²) in [5.41, 5.74) is 0. The summed E-state index contributed by atoms with van der Waals surface area (Å²) in [5, 5.41) is 2.89. The van der Waals surface area contributed by atoms with E-state index in [1.165, 1.54) is 0 Å². The molecule has 7 heteroatoms. The van der Waals surface area contributed by atoms with Crippen molar-refractivity contribution in [2.24, 2.45) is 11.8 Å². The van der Waals surface area contributed by atoms with Crippen molar-refractivity contribution in [1.82, 2.24) is 15.1 Å². The van der Waals surface area contributed by atoms with Crippen molar-refractivity contribution < 1.29 is 19.2 Å². The van der Waals surface area contributed by atoms with Crippen LogP contribution in [0, 0.1) is 11.8 Å². The highest BCUT2D eigenvalue weighted by atomic mass is 16.2. The lowest BCUT2D eigenvalue weighted by molar-refractivity contribution is -0.144. The standard InChI is InChI=1S/C16H25N3O4/c1-10(2)8-18-14(21)15(22)19(16(18)23)9-13(20)17-12-7-5-4-6-11(12)3/h10-12H,4-9H2,1-3H3,(H,17,20)/t11-,12+/m0/s1. The lowest BCUT2D eigenvalue weighted by Crippen LogP contribution is -2.47. The molecule has 1 saturated carbocycles. The normalized spacial score (nSPS) is 25.5. The van der Waals surface area contributed by atoms with Crippen LogP contribution in [-0.2, 0) is 14.4 Å². The molecule has 0 radical (unpaired) electrons. The summed E-state index contributed by atoms with van der Waals surface area (Å²) in [7, 11) is 0. The molecule has 0 unspecified atom stereocenters. The molecule has 0 aromatic heterocycles. The van der Waals surface area contributed by atoms with Crippen LogP contribution in [0.3, 0.4) is 0 Å². The third kappa shape index (κ3) is 3.89. The van der Waals surface area contributed by atoms with Crippen LogP contribution in [0.15, 0.2) is 0 Å². The highest BCUT2D eigenvalue weighted by Crippen LogP contribution is 2.23. The maximum absolute atomic E-state index is 12.2. The Morgan fingerprint density at radius 1 is 1.13 bits per heavy atom. The predicted octanol–water partition coefficient (Wildman–Crippen LogP) is 1.13. The largest absolute Gasteiger partial charge is 0.352 e. The minimum Gasteiger partial charge on any atom is -0.352 e. The van der Waals surface area contributed by atoms with Crippen LogP contribution in [0.25, 0.3) is 0 Å².